The van der Waals surface area contributed by atoms with E-state index in [1.807, 2.05) is 0 Å². The Kier molecular flexibility index (Phi) is 6.48. The highest BCUT2D eigenvalue weighted by molar-refractivity contribution is 5.94. The standard InChI is InChI=1S/C23H19F6N3O3/c1-34-18-4-2-13(3-5-18)19-30-20(35-31-19)14-6-8-32(9-7-14)21(33)15-10-16(22(24,25)26)12-17(11-15)23(27,28)29/h2-5,10-12,14H,6-9H2,1H3. The first-order chi connectivity index (χ1) is 16.5. The van der Waals surface area contributed by atoms with Crippen LogP contribution in [0.15, 0.2) is 47.0 Å². The summed E-state index contributed by atoms with van der Waals surface area (Å²) in [5.74, 6) is 0.277. The number of alkyl halides is 6. The van der Waals surface area contributed by atoms with Crippen molar-refractivity contribution in [3.8, 4) is 17.1 Å². The number of rotatable bonds is 4. The fourth-order valence-corrected chi connectivity index (χ4v) is 3.85. The predicted molar refractivity (Wildman–Crippen MR) is 111 cm³/mol. The number of carbonyl (C=O) groups is 1. The van der Waals surface area contributed by atoms with Gasteiger partial charge in [-0.2, -0.15) is 31.3 Å². The molecule has 0 spiro atoms. The van der Waals surface area contributed by atoms with Crippen molar-refractivity contribution in [2.24, 2.45) is 0 Å². The second-order valence-electron chi connectivity index (χ2n) is 8.05. The number of nitrogens with zero attached hydrogens (tertiary/aromatic N) is 3. The zero-order chi connectivity index (χ0) is 25.4. The van der Waals surface area contributed by atoms with Crippen molar-refractivity contribution in [1.29, 1.82) is 0 Å². The van der Waals surface area contributed by atoms with Crippen molar-refractivity contribution >= 4 is 5.91 Å². The fraction of sp³-hybridized carbons (Fsp3) is 0.348. The molecular weight excluding hydrogens is 480 g/mol. The van der Waals surface area contributed by atoms with Gasteiger partial charge >= 0.3 is 12.4 Å². The molecular formula is C23H19F6N3O3. The highest BCUT2D eigenvalue weighted by Gasteiger charge is 2.38. The van der Waals surface area contributed by atoms with Crippen LogP contribution in [0.2, 0.25) is 0 Å². The predicted octanol–water partition coefficient (Wildman–Crippen LogP) is 5.80. The van der Waals surface area contributed by atoms with Gasteiger partial charge in [0.05, 0.1) is 18.2 Å². The summed E-state index contributed by atoms with van der Waals surface area (Å²) in [6.45, 7) is 0.225. The molecule has 0 saturated carbocycles. The van der Waals surface area contributed by atoms with Crippen LogP contribution in [0.3, 0.4) is 0 Å². The summed E-state index contributed by atoms with van der Waals surface area (Å²) in [5.41, 5.74) is -3.01. The fourth-order valence-electron chi connectivity index (χ4n) is 3.85. The maximum Gasteiger partial charge on any atom is 0.416 e. The average Bonchev–Trinajstić information content (AvgIpc) is 3.33. The Balaban J connectivity index is 1.46. The number of likely N-dealkylation sites (tertiary alicyclic amines) is 1. The van der Waals surface area contributed by atoms with Gasteiger partial charge in [0, 0.05) is 30.1 Å². The number of piperidine rings is 1. The molecule has 6 nitrogen and oxygen atoms in total. The van der Waals surface area contributed by atoms with Crippen molar-refractivity contribution < 1.29 is 40.4 Å². The number of carbonyl (C=O) groups excluding carboxylic acids is 1. The quantitative estimate of drug-likeness (QED) is 0.425. The molecule has 1 saturated heterocycles. The minimum absolute atomic E-state index is 0.000999. The number of methoxy groups -OCH3 is 1. The van der Waals surface area contributed by atoms with E-state index in [1.165, 1.54) is 4.90 Å². The molecule has 4 rings (SSSR count). The van der Waals surface area contributed by atoms with Gasteiger partial charge in [0.1, 0.15) is 5.75 Å². The Labute approximate surface area is 195 Å². The summed E-state index contributed by atoms with van der Waals surface area (Å²) >= 11 is 0. The first-order valence-electron chi connectivity index (χ1n) is 10.5. The molecule has 35 heavy (non-hydrogen) atoms. The maximum atomic E-state index is 13.1. The molecule has 0 aliphatic carbocycles. The third-order valence-corrected chi connectivity index (χ3v) is 5.76. The van der Waals surface area contributed by atoms with Crippen molar-refractivity contribution in [3.05, 3.63) is 65.0 Å². The molecule has 1 fully saturated rings. The first kappa shape index (κ1) is 24.6. The van der Waals surface area contributed by atoms with E-state index >= 15 is 0 Å². The lowest BCUT2D eigenvalue weighted by atomic mass is 9.95. The molecule has 0 radical (unpaired) electrons. The molecule has 0 bridgehead atoms. The highest BCUT2D eigenvalue weighted by atomic mass is 19.4. The monoisotopic (exact) mass is 499 g/mol. The maximum absolute atomic E-state index is 13.1. The Hall–Kier alpha value is -3.57. The van der Waals surface area contributed by atoms with Crippen LogP contribution in [0.1, 0.15) is 46.1 Å². The second-order valence-corrected chi connectivity index (χ2v) is 8.05. The molecule has 186 valence electrons. The van der Waals surface area contributed by atoms with Crippen LogP contribution in [0.4, 0.5) is 26.3 Å². The summed E-state index contributed by atoms with van der Waals surface area (Å²) in [6.07, 6.45) is -9.33. The van der Waals surface area contributed by atoms with Crippen molar-refractivity contribution in [2.75, 3.05) is 20.2 Å². The van der Waals surface area contributed by atoms with Crippen molar-refractivity contribution in [3.63, 3.8) is 0 Å². The van der Waals surface area contributed by atoms with E-state index in [2.05, 4.69) is 10.1 Å². The van der Waals surface area contributed by atoms with Crippen LogP contribution >= 0.6 is 0 Å². The Morgan fingerprint density at radius 3 is 2.06 bits per heavy atom. The van der Waals surface area contributed by atoms with Gasteiger partial charge in [-0.3, -0.25) is 4.79 Å². The van der Waals surface area contributed by atoms with Crippen LogP contribution in [0.25, 0.3) is 11.4 Å². The minimum atomic E-state index is -5.02. The van der Waals surface area contributed by atoms with E-state index in [0.717, 1.165) is 0 Å². The molecule has 1 amide bonds. The van der Waals surface area contributed by atoms with E-state index in [1.54, 1.807) is 31.4 Å². The number of hydrogen-bond acceptors (Lipinski definition) is 5. The van der Waals surface area contributed by atoms with Gasteiger partial charge < -0.3 is 14.2 Å². The van der Waals surface area contributed by atoms with Gasteiger partial charge in [0.25, 0.3) is 5.91 Å². The molecule has 2 aromatic carbocycles. The average molecular weight is 499 g/mol. The lowest BCUT2D eigenvalue weighted by Gasteiger charge is -2.30. The normalized spacial score (nSPS) is 15.3. The number of halogens is 6. The van der Waals surface area contributed by atoms with E-state index in [9.17, 15) is 31.1 Å². The molecule has 0 unspecified atom stereocenters. The minimum Gasteiger partial charge on any atom is -0.497 e. The first-order valence-corrected chi connectivity index (χ1v) is 10.5. The van der Waals surface area contributed by atoms with Crippen LogP contribution in [-0.2, 0) is 12.4 Å². The molecule has 3 aromatic rings. The lowest BCUT2D eigenvalue weighted by Crippen LogP contribution is -2.38. The molecule has 12 heteroatoms. The topological polar surface area (TPSA) is 68.5 Å². The van der Waals surface area contributed by atoms with Crippen LogP contribution in [0.5, 0.6) is 5.75 Å². The second kappa shape index (κ2) is 9.23. The van der Waals surface area contributed by atoms with E-state index in [-0.39, 0.29) is 25.1 Å². The summed E-state index contributed by atoms with van der Waals surface area (Å²) in [5, 5.41) is 3.96. The Bertz CT molecular complexity index is 1160. The molecule has 1 aliphatic rings. The van der Waals surface area contributed by atoms with Crippen LogP contribution in [-0.4, -0.2) is 41.1 Å². The van der Waals surface area contributed by atoms with E-state index in [0.29, 0.717) is 48.0 Å². The highest BCUT2D eigenvalue weighted by Crippen LogP contribution is 2.37. The summed E-state index contributed by atoms with van der Waals surface area (Å²) in [7, 11) is 1.54. The number of aromatic nitrogens is 2. The summed E-state index contributed by atoms with van der Waals surface area (Å²) < 4.78 is 89.2. The summed E-state index contributed by atoms with van der Waals surface area (Å²) in [4.78, 5) is 18.4. The molecule has 1 aromatic heterocycles. The third kappa shape index (κ3) is 5.41. The van der Waals surface area contributed by atoms with Gasteiger partial charge in [-0.05, 0) is 55.3 Å². The number of hydrogen-bond donors (Lipinski definition) is 0. The van der Waals surface area contributed by atoms with Crippen LogP contribution in [0, 0.1) is 0 Å². The Morgan fingerprint density at radius 1 is 0.971 bits per heavy atom. The van der Waals surface area contributed by atoms with Gasteiger partial charge in [-0.25, -0.2) is 0 Å². The number of ether oxygens (including phenoxy) is 1. The van der Waals surface area contributed by atoms with Crippen molar-refractivity contribution in [1.82, 2.24) is 15.0 Å². The molecule has 1 aliphatic heterocycles. The molecule has 0 N–H and O–H groups in total. The number of amides is 1. The van der Waals surface area contributed by atoms with Crippen molar-refractivity contribution in [2.45, 2.75) is 31.1 Å². The Morgan fingerprint density at radius 2 is 1.54 bits per heavy atom. The van der Waals surface area contributed by atoms with E-state index in [4.69, 9.17) is 9.26 Å². The van der Waals surface area contributed by atoms with Gasteiger partial charge in [-0.15, -0.1) is 0 Å². The zero-order valence-electron chi connectivity index (χ0n) is 18.3. The molecule has 2 heterocycles. The van der Waals surface area contributed by atoms with Gasteiger partial charge in [-0.1, -0.05) is 5.16 Å². The third-order valence-electron chi connectivity index (χ3n) is 5.76. The largest absolute Gasteiger partial charge is 0.497 e. The van der Waals surface area contributed by atoms with Crippen LogP contribution < -0.4 is 4.74 Å². The number of benzene rings is 2. The summed E-state index contributed by atoms with van der Waals surface area (Å²) in [6, 6.07) is 7.91. The van der Waals surface area contributed by atoms with Gasteiger partial charge in [0.15, 0.2) is 0 Å². The SMILES string of the molecule is COc1ccc(-c2noc(C3CCN(C(=O)c4cc(C(F)(F)F)cc(C(F)(F)F)c4)CC3)n2)cc1. The molecule has 0 atom stereocenters. The van der Waals surface area contributed by atoms with Gasteiger partial charge in [0.2, 0.25) is 11.7 Å². The van der Waals surface area contributed by atoms with E-state index < -0.39 is 35.0 Å². The lowest BCUT2D eigenvalue weighted by molar-refractivity contribution is -0.143. The smallest absolute Gasteiger partial charge is 0.416 e. The zero-order valence-corrected chi connectivity index (χ0v) is 18.3.